The molecule has 0 radical (unpaired) electrons. The van der Waals surface area contributed by atoms with Gasteiger partial charge in [-0.3, -0.25) is 10.3 Å². The Balaban J connectivity index is 2.11. The molecule has 1 aliphatic heterocycles. The van der Waals surface area contributed by atoms with Crippen molar-refractivity contribution in [1.29, 1.82) is 5.41 Å². The van der Waals surface area contributed by atoms with Gasteiger partial charge in [0.05, 0.1) is 24.2 Å². The molecule has 0 aliphatic carbocycles. The van der Waals surface area contributed by atoms with Gasteiger partial charge in [0.25, 0.3) is 0 Å². The van der Waals surface area contributed by atoms with Gasteiger partial charge in [0.15, 0.2) is 9.84 Å². The first-order valence-corrected chi connectivity index (χ1v) is 8.17. The largest absolute Gasteiger partial charge is 0.496 e. The van der Waals surface area contributed by atoms with E-state index in [4.69, 9.17) is 15.9 Å². The van der Waals surface area contributed by atoms with Crippen molar-refractivity contribution in [2.24, 2.45) is 5.73 Å². The molecule has 0 amide bonds. The van der Waals surface area contributed by atoms with Crippen LogP contribution in [0.2, 0.25) is 0 Å². The van der Waals surface area contributed by atoms with Crippen LogP contribution in [0.1, 0.15) is 11.1 Å². The summed E-state index contributed by atoms with van der Waals surface area (Å²) in [5, 5.41) is 7.55. The van der Waals surface area contributed by atoms with E-state index in [9.17, 15) is 8.42 Å². The minimum atomic E-state index is -2.86. The van der Waals surface area contributed by atoms with Crippen molar-refractivity contribution in [3.63, 3.8) is 0 Å². The molecule has 0 bridgehead atoms. The third kappa shape index (κ3) is 3.49. The third-order valence-corrected chi connectivity index (χ3v) is 5.01. The lowest BCUT2D eigenvalue weighted by atomic mass is 10.1. The Bertz CT molecular complexity index is 599. The van der Waals surface area contributed by atoms with E-state index in [1.54, 1.807) is 6.07 Å². The van der Waals surface area contributed by atoms with Crippen molar-refractivity contribution in [2.45, 2.75) is 6.54 Å². The number of methoxy groups -OCH3 is 1. The van der Waals surface area contributed by atoms with Crippen LogP contribution in [0, 0.1) is 5.41 Å². The van der Waals surface area contributed by atoms with Gasteiger partial charge in [0.1, 0.15) is 11.6 Å². The number of amidine groups is 1. The van der Waals surface area contributed by atoms with Crippen LogP contribution in [-0.4, -0.2) is 50.9 Å². The molecule has 0 unspecified atom stereocenters. The number of nitrogens with one attached hydrogen (secondary N) is 1. The highest BCUT2D eigenvalue weighted by Crippen LogP contribution is 2.20. The minimum absolute atomic E-state index is 0.0371. The summed E-state index contributed by atoms with van der Waals surface area (Å²) in [5.74, 6) is 0.957. The van der Waals surface area contributed by atoms with E-state index in [-0.39, 0.29) is 17.3 Å². The SMILES string of the molecule is COc1ccc(CN2CCS(=O)(=O)CC2)cc1C(=N)N. The maximum absolute atomic E-state index is 11.4. The molecule has 1 aliphatic rings. The van der Waals surface area contributed by atoms with Crippen molar-refractivity contribution in [3.8, 4) is 5.75 Å². The maximum Gasteiger partial charge on any atom is 0.152 e. The number of nitrogens with two attached hydrogens (primary N) is 1. The minimum Gasteiger partial charge on any atom is -0.496 e. The average Bonchev–Trinajstić information content (AvgIpc) is 2.41. The third-order valence-electron chi connectivity index (χ3n) is 3.40. The Hall–Kier alpha value is -1.60. The molecule has 0 atom stereocenters. The quantitative estimate of drug-likeness (QED) is 0.612. The summed E-state index contributed by atoms with van der Waals surface area (Å²) in [7, 11) is -1.32. The Morgan fingerprint density at radius 3 is 2.60 bits per heavy atom. The molecule has 1 aromatic carbocycles. The Kier molecular flexibility index (Phi) is 4.29. The van der Waals surface area contributed by atoms with E-state index in [0.717, 1.165) is 5.56 Å². The first-order valence-electron chi connectivity index (χ1n) is 6.35. The van der Waals surface area contributed by atoms with Crippen LogP contribution < -0.4 is 10.5 Å². The van der Waals surface area contributed by atoms with Gasteiger partial charge >= 0.3 is 0 Å². The fourth-order valence-corrected chi connectivity index (χ4v) is 3.51. The summed E-state index contributed by atoms with van der Waals surface area (Å²) in [6.07, 6.45) is 0. The van der Waals surface area contributed by atoms with Gasteiger partial charge in [0.2, 0.25) is 0 Å². The average molecular weight is 297 g/mol. The number of hydrogen-bond donors (Lipinski definition) is 2. The molecule has 3 N–H and O–H groups in total. The fraction of sp³-hybridized carbons (Fsp3) is 0.462. The molecule has 1 aromatic rings. The molecule has 1 saturated heterocycles. The monoisotopic (exact) mass is 297 g/mol. The molecule has 7 heteroatoms. The second-order valence-corrected chi connectivity index (χ2v) is 7.18. The summed E-state index contributed by atoms with van der Waals surface area (Å²) >= 11 is 0. The van der Waals surface area contributed by atoms with Crippen LogP contribution in [0.3, 0.4) is 0 Å². The predicted molar refractivity (Wildman–Crippen MR) is 77.9 cm³/mol. The topological polar surface area (TPSA) is 96.5 Å². The van der Waals surface area contributed by atoms with Gasteiger partial charge in [-0.25, -0.2) is 8.42 Å². The number of rotatable bonds is 4. The lowest BCUT2D eigenvalue weighted by Gasteiger charge is -2.26. The molecule has 1 heterocycles. The molecule has 1 fully saturated rings. The fourth-order valence-electron chi connectivity index (χ4n) is 2.23. The predicted octanol–water partition coefficient (Wildman–Crippen LogP) is 0.210. The van der Waals surface area contributed by atoms with Crippen LogP contribution in [0.15, 0.2) is 18.2 Å². The highest BCUT2D eigenvalue weighted by molar-refractivity contribution is 7.91. The zero-order valence-electron chi connectivity index (χ0n) is 11.4. The summed E-state index contributed by atoms with van der Waals surface area (Å²) < 4.78 is 27.9. The summed E-state index contributed by atoms with van der Waals surface area (Å²) in [4.78, 5) is 2.09. The van der Waals surface area contributed by atoms with Crippen LogP contribution in [0.4, 0.5) is 0 Å². The van der Waals surface area contributed by atoms with E-state index in [1.165, 1.54) is 7.11 Å². The van der Waals surface area contributed by atoms with Crippen molar-refractivity contribution in [3.05, 3.63) is 29.3 Å². The van der Waals surface area contributed by atoms with E-state index in [0.29, 0.717) is 30.9 Å². The van der Waals surface area contributed by atoms with Crippen molar-refractivity contribution in [1.82, 2.24) is 4.90 Å². The van der Waals surface area contributed by atoms with Crippen LogP contribution in [-0.2, 0) is 16.4 Å². The summed E-state index contributed by atoms with van der Waals surface area (Å²) in [6.45, 7) is 1.74. The Morgan fingerprint density at radius 1 is 1.40 bits per heavy atom. The van der Waals surface area contributed by atoms with Crippen LogP contribution >= 0.6 is 0 Å². The van der Waals surface area contributed by atoms with Crippen LogP contribution in [0.25, 0.3) is 0 Å². The number of nitrogen functional groups attached to an aromatic ring is 1. The lowest BCUT2D eigenvalue weighted by Crippen LogP contribution is -2.39. The number of benzene rings is 1. The first-order chi connectivity index (χ1) is 9.41. The number of sulfone groups is 1. The van der Waals surface area contributed by atoms with E-state index in [2.05, 4.69) is 4.90 Å². The highest BCUT2D eigenvalue weighted by atomic mass is 32.2. The molecule has 6 nitrogen and oxygen atoms in total. The number of ether oxygens (including phenoxy) is 1. The van der Waals surface area contributed by atoms with Gasteiger partial charge < -0.3 is 10.5 Å². The molecule has 0 aromatic heterocycles. The van der Waals surface area contributed by atoms with E-state index >= 15 is 0 Å². The van der Waals surface area contributed by atoms with Crippen molar-refractivity contribution < 1.29 is 13.2 Å². The van der Waals surface area contributed by atoms with Crippen LogP contribution in [0.5, 0.6) is 5.75 Å². The number of nitrogens with zero attached hydrogens (tertiary/aromatic N) is 1. The Morgan fingerprint density at radius 2 is 2.05 bits per heavy atom. The van der Waals surface area contributed by atoms with Gasteiger partial charge in [-0.05, 0) is 17.7 Å². The molecule has 20 heavy (non-hydrogen) atoms. The van der Waals surface area contributed by atoms with Gasteiger partial charge in [-0.2, -0.15) is 0 Å². The van der Waals surface area contributed by atoms with E-state index < -0.39 is 9.84 Å². The first kappa shape index (κ1) is 14.8. The van der Waals surface area contributed by atoms with E-state index in [1.807, 2.05) is 12.1 Å². The van der Waals surface area contributed by atoms with Crippen molar-refractivity contribution in [2.75, 3.05) is 31.7 Å². The molecule has 110 valence electrons. The number of hydrogen-bond acceptors (Lipinski definition) is 5. The summed E-state index contributed by atoms with van der Waals surface area (Å²) in [5.41, 5.74) is 7.10. The second kappa shape index (κ2) is 5.80. The lowest BCUT2D eigenvalue weighted by molar-refractivity contribution is 0.287. The normalized spacial score (nSPS) is 18.6. The second-order valence-electron chi connectivity index (χ2n) is 4.88. The summed E-state index contributed by atoms with van der Waals surface area (Å²) in [6, 6.07) is 5.52. The van der Waals surface area contributed by atoms with Gasteiger partial charge in [-0.1, -0.05) is 6.07 Å². The molecular formula is C13H19N3O3S. The van der Waals surface area contributed by atoms with Crippen molar-refractivity contribution >= 4 is 15.7 Å². The highest BCUT2D eigenvalue weighted by Gasteiger charge is 2.21. The van der Waals surface area contributed by atoms with Gasteiger partial charge in [-0.15, -0.1) is 0 Å². The zero-order chi connectivity index (χ0) is 14.8. The molecule has 0 saturated carbocycles. The standard InChI is InChI=1S/C13H19N3O3S/c1-19-12-3-2-10(8-11(12)13(14)15)9-16-4-6-20(17,18)7-5-16/h2-3,8H,4-7,9H2,1H3,(H3,14,15). The molecule has 0 spiro atoms. The maximum atomic E-state index is 11.4. The molecule has 2 rings (SSSR count). The smallest absolute Gasteiger partial charge is 0.152 e. The molecular weight excluding hydrogens is 278 g/mol. The zero-order valence-corrected chi connectivity index (χ0v) is 12.2. The van der Waals surface area contributed by atoms with Gasteiger partial charge in [0, 0.05) is 19.6 Å². The Labute approximate surface area is 119 Å².